The Kier molecular flexibility index (Phi) is 4.40. The number of nitrogens with one attached hydrogen (secondary N) is 1. The zero-order chi connectivity index (χ0) is 12.3. The number of likely N-dealkylation sites (tertiary alicyclic amines) is 1. The summed E-state index contributed by atoms with van der Waals surface area (Å²) in [6, 6.07) is 0.521. The third-order valence-electron chi connectivity index (χ3n) is 3.84. The highest BCUT2D eigenvalue weighted by Gasteiger charge is 2.33. The van der Waals surface area contributed by atoms with Gasteiger partial charge in [-0.1, -0.05) is 6.42 Å². The van der Waals surface area contributed by atoms with Gasteiger partial charge in [-0.15, -0.1) is 0 Å². The van der Waals surface area contributed by atoms with Gasteiger partial charge in [-0.25, -0.2) is 0 Å². The minimum atomic E-state index is 0.0894. The maximum atomic E-state index is 12.4. The molecule has 4 nitrogen and oxygen atoms in total. The van der Waals surface area contributed by atoms with Crippen molar-refractivity contribution in [3.05, 3.63) is 0 Å². The summed E-state index contributed by atoms with van der Waals surface area (Å²) in [5, 5.41) is 3.36. The number of hydrogen-bond acceptors (Lipinski definition) is 3. The Morgan fingerprint density at radius 1 is 1.29 bits per heavy atom. The highest BCUT2D eigenvalue weighted by atomic mass is 16.2. The molecule has 0 aromatic heterocycles. The minimum Gasteiger partial charge on any atom is -0.337 e. The molecule has 0 spiro atoms. The molecule has 1 unspecified atom stereocenters. The van der Waals surface area contributed by atoms with Crippen molar-refractivity contribution in [2.75, 3.05) is 33.7 Å². The smallest absolute Gasteiger partial charge is 0.239 e. The summed E-state index contributed by atoms with van der Waals surface area (Å²) >= 11 is 0. The Balaban J connectivity index is 1.92. The first-order valence-corrected chi connectivity index (χ1v) is 6.87. The molecule has 2 saturated heterocycles. The van der Waals surface area contributed by atoms with Gasteiger partial charge in [-0.3, -0.25) is 4.79 Å². The number of hydrogen-bond donors (Lipinski definition) is 1. The number of rotatable bonds is 3. The van der Waals surface area contributed by atoms with Gasteiger partial charge in [0.15, 0.2) is 0 Å². The molecule has 0 aromatic rings. The second-order valence-corrected chi connectivity index (χ2v) is 5.59. The molecular formula is C13H25N3O. The van der Waals surface area contributed by atoms with Gasteiger partial charge in [0.05, 0.1) is 6.04 Å². The molecule has 2 aliphatic heterocycles. The van der Waals surface area contributed by atoms with Gasteiger partial charge < -0.3 is 15.1 Å². The highest BCUT2D eigenvalue weighted by Crippen LogP contribution is 2.20. The lowest BCUT2D eigenvalue weighted by Crippen LogP contribution is -2.51. The van der Waals surface area contributed by atoms with E-state index in [4.69, 9.17) is 0 Å². The van der Waals surface area contributed by atoms with Gasteiger partial charge in [0.1, 0.15) is 0 Å². The van der Waals surface area contributed by atoms with Gasteiger partial charge in [0, 0.05) is 19.1 Å². The Bertz CT molecular complexity index is 261. The van der Waals surface area contributed by atoms with Crippen LogP contribution in [0, 0.1) is 0 Å². The summed E-state index contributed by atoms with van der Waals surface area (Å²) in [7, 11) is 4.17. The van der Waals surface area contributed by atoms with Gasteiger partial charge in [-0.2, -0.15) is 0 Å². The first-order valence-electron chi connectivity index (χ1n) is 6.87. The van der Waals surface area contributed by atoms with Crippen molar-refractivity contribution in [3.63, 3.8) is 0 Å². The van der Waals surface area contributed by atoms with Crippen molar-refractivity contribution in [1.82, 2.24) is 15.1 Å². The highest BCUT2D eigenvalue weighted by molar-refractivity contribution is 5.82. The van der Waals surface area contributed by atoms with E-state index in [2.05, 4.69) is 29.2 Å². The van der Waals surface area contributed by atoms with Crippen LogP contribution in [0.5, 0.6) is 0 Å². The van der Waals surface area contributed by atoms with E-state index in [0.717, 1.165) is 38.9 Å². The lowest BCUT2D eigenvalue weighted by molar-refractivity contribution is -0.135. The molecule has 2 aliphatic rings. The van der Waals surface area contributed by atoms with Crippen molar-refractivity contribution in [1.29, 1.82) is 0 Å². The van der Waals surface area contributed by atoms with Gasteiger partial charge in [0.25, 0.3) is 0 Å². The molecule has 0 aromatic carbocycles. The number of carbonyl (C=O) groups excluding carboxylic acids is 1. The van der Waals surface area contributed by atoms with Crippen LogP contribution in [-0.4, -0.2) is 61.5 Å². The predicted octanol–water partition coefficient (Wildman–Crippen LogP) is 0.681. The SMILES string of the molecule is CN(C)CC1CCCN1C(=O)[C@@H]1CCCCN1. The Morgan fingerprint density at radius 2 is 2.12 bits per heavy atom. The van der Waals surface area contributed by atoms with Crippen LogP contribution in [-0.2, 0) is 4.79 Å². The van der Waals surface area contributed by atoms with Crippen LogP contribution < -0.4 is 5.32 Å². The van der Waals surface area contributed by atoms with Crippen molar-refractivity contribution >= 4 is 5.91 Å². The van der Waals surface area contributed by atoms with E-state index < -0.39 is 0 Å². The summed E-state index contributed by atoms with van der Waals surface area (Å²) in [5.41, 5.74) is 0. The first-order chi connectivity index (χ1) is 8.18. The topological polar surface area (TPSA) is 35.6 Å². The average Bonchev–Trinajstić information content (AvgIpc) is 2.76. The van der Waals surface area contributed by atoms with Crippen molar-refractivity contribution in [3.8, 4) is 0 Å². The van der Waals surface area contributed by atoms with Crippen molar-refractivity contribution < 1.29 is 4.79 Å². The summed E-state index contributed by atoms with van der Waals surface area (Å²) in [6.07, 6.45) is 5.75. The van der Waals surface area contributed by atoms with Gasteiger partial charge in [-0.05, 0) is 46.3 Å². The third-order valence-corrected chi connectivity index (χ3v) is 3.84. The van der Waals surface area contributed by atoms with Crippen molar-refractivity contribution in [2.45, 2.75) is 44.2 Å². The van der Waals surface area contributed by atoms with Gasteiger partial charge >= 0.3 is 0 Å². The molecule has 17 heavy (non-hydrogen) atoms. The number of likely N-dealkylation sites (N-methyl/N-ethyl adjacent to an activating group) is 1. The molecule has 0 radical (unpaired) electrons. The fourth-order valence-electron chi connectivity index (χ4n) is 3.00. The molecule has 0 aliphatic carbocycles. The summed E-state index contributed by atoms with van der Waals surface area (Å²) < 4.78 is 0. The zero-order valence-electron chi connectivity index (χ0n) is 11.1. The number of nitrogens with zero attached hydrogens (tertiary/aromatic N) is 2. The molecule has 4 heteroatoms. The quantitative estimate of drug-likeness (QED) is 0.787. The van der Waals surface area contributed by atoms with Crippen LogP contribution in [0.25, 0.3) is 0 Å². The Labute approximate surface area is 104 Å². The van der Waals surface area contributed by atoms with E-state index >= 15 is 0 Å². The van der Waals surface area contributed by atoms with Crippen molar-refractivity contribution in [2.24, 2.45) is 0 Å². The molecule has 2 fully saturated rings. The summed E-state index contributed by atoms with van der Waals surface area (Å²) in [6.45, 7) is 2.95. The molecular weight excluding hydrogens is 214 g/mol. The normalized spacial score (nSPS) is 29.9. The lowest BCUT2D eigenvalue weighted by Gasteiger charge is -2.32. The van der Waals surface area contributed by atoms with Crippen LogP contribution in [0.4, 0.5) is 0 Å². The summed E-state index contributed by atoms with van der Waals surface area (Å²) in [5.74, 6) is 0.342. The second kappa shape index (κ2) is 5.83. The van der Waals surface area contributed by atoms with Crippen LogP contribution in [0.1, 0.15) is 32.1 Å². The number of amides is 1. The average molecular weight is 239 g/mol. The fourth-order valence-corrected chi connectivity index (χ4v) is 3.00. The molecule has 2 rings (SSSR count). The van der Waals surface area contributed by atoms with E-state index in [1.807, 2.05) is 0 Å². The first kappa shape index (κ1) is 12.8. The van der Waals surface area contributed by atoms with Crippen LogP contribution in [0.3, 0.4) is 0 Å². The second-order valence-electron chi connectivity index (χ2n) is 5.59. The van der Waals surface area contributed by atoms with E-state index in [9.17, 15) is 4.79 Å². The molecule has 2 atom stereocenters. The zero-order valence-corrected chi connectivity index (χ0v) is 11.1. The maximum absolute atomic E-state index is 12.4. The van der Waals surface area contributed by atoms with E-state index in [0.29, 0.717) is 11.9 Å². The van der Waals surface area contributed by atoms with E-state index in [-0.39, 0.29) is 6.04 Å². The Morgan fingerprint density at radius 3 is 2.76 bits per heavy atom. The molecule has 1 N–H and O–H groups in total. The van der Waals surface area contributed by atoms with Crippen LogP contribution in [0.15, 0.2) is 0 Å². The molecule has 0 bridgehead atoms. The third kappa shape index (κ3) is 3.19. The lowest BCUT2D eigenvalue weighted by atomic mass is 10.0. The number of piperidine rings is 1. The standard InChI is InChI=1S/C13H25N3O/c1-15(2)10-11-6-5-9-16(11)13(17)12-7-3-4-8-14-12/h11-12,14H,3-10H2,1-2H3/t11?,12-/m0/s1. The molecule has 1 amide bonds. The van der Waals surface area contributed by atoms with Crippen LogP contribution >= 0.6 is 0 Å². The van der Waals surface area contributed by atoms with E-state index in [1.165, 1.54) is 12.8 Å². The largest absolute Gasteiger partial charge is 0.337 e. The monoisotopic (exact) mass is 239 g/mol. The summed E-state index contributed by atoms with van der Waals surface area (Å²) in [4.78, 5) is 16.7. The molecule has 98 valence electrons. The van der Waals surface area contributed by atoms with E-state index in [1.54, 1.807) is 0 Å². The minimum absolute atomic E-state index is 0.0894. The number of carbonyl (C=O) groups is 1. The van der Waals surface area contributed by atoms with Crippen LogP contribution in [0.2, 0.25) is 0 Å². The predicted molar refractivity (Wildman–Crippen MR) is 68.9 cm³/mol. The maximum Gasteiger partial charge on any atom is 0.239 e. The molecule has 0 saturated carbocycles. The fraction of sp³-hybridized carbons (Fsp3) is 0.923. The molecule has 2 heterocycles. The Hall–Kier alpha value is -0.610. The van der Waals surface area contributed by atoms with Gasteiger partial charge in [0.2, 0.25) is 5.91 Å².